The average molecular weight is 1080 g/mol. The molecule has 3 N–H and O–H groups in total. The number of isothiocyanates is 1. The molecule has 4 aromatic carbocycles. The van der Waals surface area contributed by atoms with Gasteiger partial charge in [-0.15, -0.1) is 0 Å². The van der Waals surface area contributed by atoms with E-state index in [-0.39, 0.29) is 70.7 Å². The van der Waals surface area contributed by atoms with Gasteiger partial charge in [0.2, 0.25) is 5.78 Å². The molecular weight excluding hydrogens is 1020 g/mol. The van der Waals surface area contributed by atoms with Crippen LogP contribution in [0, 0.1) is 11.6 Å². The summed E-state index contributed by atoms with van der Waals surface area (Å²) in [5, 5.41) is 6.13. The summed E-state index contributed by atoms with van der Waals surface area (Å²) < 4.78 is 48.7. The first-order valence-electron chi connectivity index (χ1n) is 22.4. The van der Waals surface area contributed by atoms with Gasteiger partial charge in [-0.25, -0.2) is 23.4 Å². The smallest absolute Gasteiger partial charge is 0.410 e. The van der Waals surface area contributed by atoms with Gasteiger partial charge in [0.05, 0.1) is 28.3 Å². The number of hydrogen-bond donors (Lipinski definition) is 2. The van der Waals surface area contributed by atoms with Crippen LogP contribution >= 0.6 is 39.5 Å². The largest absolute Gasteiger partial charge is 0.491 e. The molecule has 2 atom stereocenters. The Hall–Kier alpha value is -6.27. The van der Waals surface area contributed by atoms with Crippen LogP contribution in [-0.4, -0.2) is 98.6 Å². The van der Waals surface area contributed by atoms with Crippen molar-refractivity contribution in [3.63, 3.8) is 0 Å². The van der Waals surface area contributed by atoms with E-state index in [0.29, 0.717) is 42.7 Å². The number of Topliss-reactive ketones (excluding diaryl/α,β-unsaturated/α-hetero) is 1. The number of benzene rings is 4. The van der Waals surface area contributed by atoms with Crippen molar-refractivity contribution < 1.29 is 46.9 Å². The van der Waals surface area contributed by atoms with Crippen LogP contribution in [0.1, 0.15) is 100 Å². The Kier molecular flexibility index (Phi) is 21.6. The van der Waals surface area contributed by atoms with E-state index < -0.39 is 17.0 Å². The molecule has 0 saturated carbocycles. The zero-order chi connectivity index (χ0) is 51.0. The Morgan fingerprint density at radius 2 is 1.27 bits per heavy atom. The summed E-state index contributed by atoms with van der Waals surface area (Å²) in [5.41, 5.74) is 7.02. The van der Waals surface area contributed by atoms with Crippen LogP contribution in [-0.2, 0) is 9.47 Å². The molecule has 19 heteroatoms. The Bertz CT molecular complexity index is 2620. The molecular formula is C52H61BrF2N6O8S2. The van der Waals surface area contributed by atoms with Crippen molar-refractivity contribution in [3.8, 4) is 11.5 Å². The number of carbonyl (C=O) groups excluding carboxylic acids is 4. The molecule has 2 fully saturated rings. The molecule has 0 unspecified atom stereocenters. The van der Waals surface area contributed by atoms with Gasteiger partial charge in [0, 0.05) is 29.9 Å². The number of thiocarbonyl (C=S) groups is 1. The second kappa shape index (κ2) is 26.8. The maximum absolute atomic E-state index is 13.5. The van der Waals surface area contributed by atoms with Gasteiger partial charge in [-0.3, -0.25) is 9.59 Å². The number of aliphatic imine (C=N–C) groups is 1. The standard InChI is InChI=1S/C26H29FN4O4S.C17H22N2O3S.C8H6BrFO.CH4/c1-26(2,3)35-25(33)31-13-5-8-19(31)15-34-20-11-9-18(10-12-20)29-24-30-23(28)22(36-24)21(32)16-6-4-7-17(27)14-16;1-17(2,3)22-16(20)19-10-4-5-14(19)11-21-15-8-6-13(7-9-15)18-12-23;9-5-8(11)6-2-1-3-7(10)4-6;/h4,6-7,9-12,14,19H,5,8,13,15,28H2,1-3H3,(H,29,30);6-9,14H,4-5,10-11H2,1-3H3;1-4H,5H2;1H4/t19-;14-;;/m00../s1. The van der Waals surface area contributed by atoms with Gasteiger partial charge in [0.25, 0.3) is 0 Å². The van der Waals surface area contributed by atoms with Gasteiger partial charge in [-0.05, 0) is 152 Å². The van der Waals surface area contributed by atoms with Crippen LogP contribution in [0.5, 0.6) is 11.5 Å². The predicted octanol–water partition coefficient (Wildman–Crippen LogP) is 12.9. The number of rotatable bonds is 13. The van der Waals surface area contributed by atoms with Crippen molar-refractivity contribution in [1.29, 1.82) is 0 Å². The number of aromatic nitrogens is 1. The van der Waals surface area contributed by atoms with Crippen LogP contribution in [0.25, 0.3) is 0 Å². The van der Waals surface area contributed by atoms with Gasteiger partial charge in [0.1, 0.15) is 58.2 Å². The van der Waals surface area contributed by atoms with Gasteiger partial charge in [-0.2, -0.15) is 4.99 Å². The van der Waals surface area contributed by atoms with Crippen molar-refractivity contribution >= 4 is 90.7 Å². The number of amides is 2. The average Bonchev–Trinajstić information content (AvgIpc) is 4.08. The number of halogens is 3. The van der Waals surface area contributed by atoms with E-state index in [0.717, 1.165) is 54.1 Å². The highest BCUT2D eigenvalue weighted by molar-refractivity contribution is 9.09. The molecule has 7 rings (SSSR count). The number of carbonyl (C=O) groups is 4. The predicted molar refractivity (Wildman–Crippen MR) is 281 cm³/mol. The highest BCUT2D eigenvalue weighted by Crippen LogP contribution is 2.31. The monoisotopic (exact) mass is 1080 g/mol. The first-order valence-corrected chi connectivity index (χ1v) is 24.8. The maximum Gasteiger partial charge on any atom is 0.410 e. The normalized spacial score (nSPS) is 15.1. The third kappa shape index (κ3) is 18.4. The number of alkyl halides is 1. The van der Waals surface area contributed by atoms with Crippen molar-refractivity contribution in [3.05, 3.63) is 125 Å². The lowest BCUT2D eigenvalue weighted by molar-refractivity contribution is 0.0178. The third-order valence-corrected chi connectivity index (χ3v) is 11.8. The molecule has 2 aliphatic heterocycles. The van der Waals surface area contributed by atoms with Gasteiger partial charge in [-0.1, -0.05) is 59.0 Å². The Morgan fingerprint density at radius 1 is 0.789 bits per heavy atom. The molecule has 0 spiro atoms. The fourth-order valence-corrected chi connectivity index (χ4v) is 8.30. The van der Waals surface area contributed by atoms with Crippen molar-refractivity contribution in [2.24, 2.45) is 4.99 Å². The first kappa shape index (κ1) is 57.3. The number of ether oxygens (including phenoxy) is 4. The number of nitrogen functional groups attached to an aromatic ring is 1. The molecule has 3 heterocycles. The fraction of sp³-hybridized carbons (Fsp3) is 0.385. The van der Waals surface area contributed by atoms with E-state index in [1.807, 2.05) is 90.1 Å². The molecule has 2 aliphatic rings. The zero-order valence-electron chi connectivity index (χ0n) is 39.8. The number of likely N-dealkylation sites (tertiary alicyclic amines) is 2. The second-order valence-electron chi connectivity index (χ2n) is 18.0. The molecule has 71 heavy (non-hydrogen) atoms. The first-order chi connectivity index (χ1) is 33.2. The minimum Gasteiger partial charge on any atom is -0.491 e. The number of nitrogens with one attached hydrogen (secondary N) is 1. The van der Waals surface area contributed by atoms with Crippen LogP contribution in [0.2, 0.25) is 0 Å². The lowest BCUT2D eigenvalue weighted by Gasteiger charge is -2.28. The quantitative estimate of drug-likeness (QED) is 0.0495. The van der Waals surface area contributed by atoms with Crippen LogP contribution in [0.15, 0.2) is 102 Å². The van der Waals surface area contributed by atoms with Crippen LogP contribution < -0.4 is 20.5 Å². The molecule has 1 aromatic heterocycles. The minimum atomic E-state index is -0.538. The zero-order valence-corrected chi connectivity index (χ0v) is 43.1. The SMILES string of the molecule is C.CC(C)(C)OC(=O)N1CCC[C@H]1COc1ccc(N=C=S)cc1.CC(C)(C)OC(=O)N1CCC[C@H]1COc1ccc(Nc2nc(N)c(C(=O)c3cccc(F)c3)s2)cc1.O=C(CBr)c1cccc(F)c1. The lowest BCUT2D eigenvalue weighted by atomic mass is 10.1. The topological polar surface area (TPSA) is 175 Å². The molecule has 2 amide bonds. The molecule has 2 saturated heterocycles. The number of nitrogens with zero attached hydrogens (tertiary/aromatic N) is 4. The summed E-state index contributed by atoms with van der Waals surface area (Å²) in [6, 6.07) is 25.7. The second-order valence-corrected chi connectivity index (χ2v) is 19.8. The fourth-order valence-electron chi connectivity index (χ4n) is 7.00. The summed E-state index contributed by atoms with van der Waals surface area (Å²) in [6.07, 6.45) is 3.08. The number of hydrogen-bond acceptors (Lipinski definition) is 14. The molecule has 14 nitrogen and oxygen atoms in total. The van der Waals surface area contributed by atoms with Crippen molar-refractivity contribution in [2.75, 3.05) is 42.7 Å². The van der Waals surface area contributed by atoms with E-state index in [1.54, 1.807) is 15.9 Å². The third-order valence-electron chi connectivity index (χ3n) is 10.2. The number of anilines is 3. The van der Waals surface area contributed by atoms with Gasteiger partial charge in [0.15, 0.2) is 10.9 Å². The van der Waals surface area contributed by atoms with E-state index in [9.17, 15) is 28.0 Å². The number of nitrogens with two attached hydrogens (primary N) is 1. The maximum atomic E-state index is 13.5. The minimum absolute atomic E-state index is 0. The Labute approximate surface area is 432 Å². The summed E-state index contributed by atoms with van der Waals surface area (Å²) >= 11 is 8.67. The molecule has 0 aliphatic carbocycles. The number of ketones is 2. The molecule has 0 radical (unpaired) electrons. The van der Waals surface area contributed by atoms with Crippen LogP contribution in [0.3, 0.4) is 0 Å². The number of thiazole rings is 1. The van der Waals surface area contributed by atoms with Gasteiger partial charge < -0.3 is 39.8 Å². The lowest BCUT2D eigenvalue weighted by Crippen LogP contribution is -2.42. The molecule has 380 valence electrons. The van der Waals surface area contributed by atoms with Crippen LogP contribution in [0.4, 0.5) is 40.7 Å². The Balaban J connectivity index is 0.000000266. The van der Waals surface area contributed by atoms with Crippen molar-refractivity contribution in [2.45, 2.75) is 97.9 Å². The van der Waals surface area contributed by atoms with E-state index >= 15 is 0 Å². The molecule has 0 bridgehead atoms. The summed E-state index contributed by atoms with van der Waals surface area (Å²) in [5.74, 6) is 0.134. The van der Waals surface area contributed by atoms with E-state index in [1.165, 1.54) is 42.5 Å². The highest BCUT2D eigenvalue weighted by atomic mass is 79.9. The highest BCUT2D eigenvalue weighted by Gasteiger charge is 2.34. The Morgan fingerprint density at radius 3 is 1.73 bits per heavy atom. The van der Waals surface area contributed by atoms with Crippen molar-refractivity contribution in [1.82, 2.24) is 14.8 Å². The van der Waals surface area contributed by atoms with E-state index in [2.05, 4.69) is 48.6 Å². The summed E-state index contributed by atoms with van der Waals surface area (Å²) in [4.78, 5) is 60.2. The summed E-state index contributed by atoms with van der Waals surface area (Å²) in [7, 11) is 0. The summed E-state index contributed by atoms with van der Waals surface area (Å²) in [6.45, 7) is 13.4. The van der Waals surface area contributed by atoms with Gasteiger partial charge >= 0.3 is 12.2 Å². The molecule has 5 aromatic rings. The van der Waals surface area contributed by atoms with E-state index in [4.69, 9.17) is 24.7 Å².